The SMILES string of the molecule is CC.CNCCOCC(F)CNC(=O)C(C)C. The number of hydrogen-bond acceptors (Lipinski definition) is 3. The normalized spacial score (nSPS) is 11.7. The van der Waals surface area contributed by atoms with Gasteiger partial charge in [0.25, 0.3) is 0 Å². The van der Waals surface area contributed by atoms with Crippen molar-refractivity contribution < 1.29 is 13.9 Å². The Hall–Kier alpha value is -0.680. The molecule has 0 heterocycles. The van der Waals surface area contributed by atoms with E-state index in [1.165, 1.54) is 0 Å². The van der Waals surface area contributed by atoms with Crippen LogP contribution >= 0.6 is 0 Å². The Kier molecular flexibility index (Phi) is 14.7. The fourth-order valence-corrected chi connectivity index (χ4v) is 0.860. The van der Waals surface area contributed by atoms with Crippen LogP contribution in [0.3, 0.4) is 0 Å². The summed E-state index contributed by atoms with van der Waals surface area (Å²) in [5.74, 6) is -0.240. The van der Waals surface area contributed by atoms with Crippen molar-refractivity contribution in [3.8, 4) is 0 Å². The molecule has 0 saturated carbocycles. The molecule has 4 nitrogen and oxygen atoms in total. The van der Waals surface area contributed by atoms with E-state index in [9.17, 15) is 9.18 Å². The maximum atomic E-state index is 13.1. The Bertz CT molecular complexity index is 178. The van der Waals surface area contributed by atoms with Crippen molar-refractivity contribution in [2.24, 2.45) is 5.92 Å². The molecular weight excluding hydrogens is 223 g/mol. The molecule has 5 heteroatoms. The highest BCUT2D eigenvalue weighted by atomic mass is 19.1. The summed E-state index contributed by atoms with van der Waals surface area (Å²) in [5.41, 5.74) is 0. The molecule has 1 unspecified atom stereocenters. The van der Waals surface area contributed by atoms with Gasteiger partial charge in [-0.05, 0) is 7.05 Å². The van der Waals surface area contributed by atoms with E-state index in [-0.39, 0.29) is 25.0 Å². The van der Waals surface area contributed by atoms with Crippen LogP contribution in [0.15, 0.2) is 0 Å². The standard InChI is InChI=1S/C10H21FN2O2.C2H6/c1-8(2)10(14)13-6-9(11)7-15-5-4-12-3;1-2/h8-9,12H,4-7H2,1-3H3,(H,13,14);1-2H3. The van der Waals surface area contributed by atoms with Gasteiger partial charge in [0.05, 0.1) is 19.8 Å². The molecule has 0 aromatic rings. The minimum absolute atomic E-state index is 0.0244. The van der Waals surface area contributed by atoms with Crippen molar-refractivity contribution in [2.45, 2.75) is 33.9 Å². The first kappa shape index (κ1) is 18.7. The summed E-state index contributed by atoms with van der Waals surface area (Å²) < 4.78 is 18.1. The summed E-state index contributed by atoms with van der Waals surface area (Å²) in [6.45, 7) is 8.77. The molecule has 0 aliphatic carbocycles. The van der Waals surface area contributed by atoms with Crippen LogP contribution in [-0.2, 0) is 9.53 Å². The van der Waals surface area contributed by atoms with Crippen LogP contribution in [-0.4, -0.2) is 45.4 Å². The van der Waals surface area contributed by atoms with E-state index in [2.05, 4.69) is 10.6 Å². The lowest BCUT2D eigenvalue weighted by Gasteiger charge is -2.11. The highest BCUT2D eigenvalue weighted by molar-refractivity contribution is 5.77. The zero-order valence-corrected chi connectivity index (χ0v) is 11.7. The maximum absolute atomic E-state index is 13.1. The van der Waals surface area contributed by atoms with Crippen molar-refractivity contribution in [1.29, 1.82) is 0 Å². The van der Waals surface area contributed by atoms with E-state index in [0.29, 0.717) is 13.2 Å². The van der Waals surface area contributed by atoms with Crippen LogP contribution in [0.2, 0.25) is 0 Å². The number of rotatable bonds is 8. The average molecular weight is 250 g/mol. The van der Waals surface area contributed by atoms with E-state index in [4.69, 9.17) is 4.74 Å². The predicted molar refractivity (Wildman–Crippen MR) is 68.8 cm³/mol. The van der Waals surface area contributed by atoms with Crippen molar-refractivity contribution in [1.82, 2.24) is 10.6 Å². The number of halogens is 1. The van der Waals surface area contributed by atoms with Crippen LogP contribution in [0, 0.1) is 5.92 Å². The number of ether oxygens (including phenoxy) is 1. The van der Waals surface area contributed by atoms with E-state index in [1.54, 1.807) is 20.9 Å². The lowest BCUT2D eigenvalue weighted by Crippen LogP contribution is -2.35. The summed E-state index contributed by atoms with van der Waals surface area (Å²) in [5, 5.41) is 5.40. The first-order valence-electron chi connectivity index (χ1n) is 6.22. The molecule has 2 N–H and O–H groups in total. The third kappa shape index (κ3) is 13.3. The fourth-order valence-electron chi connectivity index (χ4n) is 0.860. The van der Waals surface area contributed by atoms with E-state index < -0.39 is 6.17 Å². The predicted octanol–water partition coefficient (Wildman–Crippen LogP) is 1.36. The number of carbonyl (C=O) groups is 1. The summed E-state index contributed by atoms with van der Waals surface area (Å²) in [6, 6.07) is 0. The highest BCUT2D eigenvalue weighted by Crippen LogP contribution is 1.94. The van der Waals surface area contributed by atoms with Crippen molar-refractivity contribution >= 4 is 5.91 Å². The maximum Gasteiger partial charge on any atom is 0.222 e. The van der Waals surface area contributed by atoms with Crippen LogP contribution in [0.25, 0.3) is 0 Å². The monoisotopic (exact) mass is 250 g/mol. The van der Waals surface area contributed by atoms with Crippen molar-refractivity contribution in [3.63, 3.8) is 0 Å². The molecule has 1 amide bonds. The minimum atomic E-state index is -1.13. The summed E-state index contributed by atoms with van der Waals surface area (Å²) in [7, 11) is 1.80. The molecule has 1 atom stereocenters. The molecule has 17 heavy (non-hydrogen) atoms. The minimum Gasteiger partial charge on any atom is -0.377 e. The number of hydrogen-bond donors (Lipinski definition) is 2. The smallest absolute Gasteiger partial charge is 0.222 e. The highest BCUT2D eigenvalue weighted by Gasteiger charge is 2.10. The third-order valence-electron chi connectivity index (χ3n) is 1.82. The van der Waals surface area contributed by atoms with Gasteiger partial charge in [-0.1, -0.05) is 27.7 Å². The molecule has 104 valence electrons. The van der Waals surface area contributed by atoms with E-state index >= 15 is 0 Å². The topological polar surface area (TPSA) is 50.4 Å². The largest absolute Gasteiger partial charge is 0.377 e. The summed E-state index contributed by atoms with van der Waals surface area (Å²) in [6.07, 6.45) is -1.13. The zero-order valence-electron chi connectivity index (χ0n) is 11.7. The van der Waals surface area contributed by atoms with Gasteiger partial charge in [-0.25, -0.2) is 4.39 Å². The molecule has 0 fully saturated rings. The fraction of sp³-hybridized carbons (Fsp3) is 0.917. The molecule has 0 saturated heterocycles. The number of alkyl halides is 1. The first-order chi connectivity index (χ1) is 8.07. The number of likely N-dealkylation sites (N-methyl/N-ethyl adjacent to an activating group) is 1. The van der Waals surface area contributed by atoms with Gasteiger partial charge in [0.2, 0.25) is 5.91 Å². The summed E-state index contributed by atoms with van der Waals surface area (Å²) >= 11 is 0. The zero-order chi connectivity index (χ0) is 13.7. The molecule has 0 radical (unpaired) electrons. The van der Waals surface area contributed by atoms with Gasteiger partial charge < -0.3 is 15.4 Å². The quantitative estimate of drug-likeness (QED) is 0.640. The summed E-state index contributed by atoms with van der Waals surface area (Å²) in [4.78, 5) is 11.1. The van der Waals surface area contributed by atoms with Gasteiger partial charge in [-0.3, -0.25) is 4.79 Å². The second-order valence-corrected chi connectivity index (χ2v) is 3.68. The van der Waals surface area contributed by atoms with Crippen LogP contribution in [0.1, 0.15) is 27.7 Å². The van der Waals surface area contributed by atoms with Gasteiger partial charge in [0.15, 0.2) is 0 Å². The Morgan fingerprint density at radius 3 is 2.41 bits per heavy atom. The Balaban J connectivity index is 0. The third-order valence-corrected chi connectivity index (χ3v) is 1.82. The average Bonchev–Trinajstić information content (AvgIpc) is 2.34. The molecule has 0 aliphatic heterocycles. The molecule has 0 aromatic carbocycles. The number of amides is 1. The van der Waals surface area contributed by atoms with Crippen molar-refractivity contribution in [2.75, 3.05) is 33.4 Å². The van der Waals surface area contributed by atoms with E-state index in [1.807, 2.05) is 13.8 Å². The number of carbonyl (C=O) groups excluding carboxylic acids is 1. The molecule has 0 aliphatic rings. The van der Waals surface area contributed by atoms with Gasteiger partial charge in [-0.2, -0.15) is 0 Å². The van der Waals surface area contributed by atoms with Crippen molar-refractivity contribution in [3.05, 3.63) is 0 Å². The lowest BCUT2D eigenvalue weighted by atomic mass is 10.2. The Morgan fingerprint density at radius 2 is 1.94 bits per heavy atom. The van der Waals surface area contributed by atoms with Gasteiger partial charge >= 0.3 is 0 Å². The van der Waals surface area contributed by atoms with Gasteiger partial charge in [0, 0.05) is 12.5 Å². The van der Waals surface area contributed by atoms with Crippen LogP contribution < -0.4 is 10.6 Å². The Labute approximate surface area is 104 Å². The molecule has 0 bridgehead atoms. The first-order valence-corrected chi connectivity index (χ1v) is 6.22. The van der Waals surface area contributed by atoms with E-state index in [0.717, 1.165) is 0 Å². The molecule has 0 aromatic heterocycles. The van der Waals surface area contributed by atoms with Crippen LogP contribution in [0.5, 0.6) is 0 Å². The van der Waals surface area contributed by atoms with Crippen LogP contribution in [0.4, 0.5) is 4.39 Å². The second-order valence-electron chi connectivity index (χ2n) is 3.68. The molecule has 0 spiro atoms. The molecule has 0 rings (SSSR count). The number of nitrogens with one attached hydrogen (secondary N) is 2. The second kappa shape index (κ2) is 13.4. The lowest BCUT2D eigenvalue weighted by molar-refractivity contribution is -0.124. The molecular formula is C12H27FN2O2. The van der Waals surface area contributed by atoms with Gasteiger partial charge in [0.1, 0.15) is 6.17 Å². The van der Waals surface area contributed by atoms with Gasteiger partial charge in [-0.15, -0.1) is 0 Å². The Morgan fingerprint density at radius 1 is 1.35 bits per heavy atom.